The van der Waals surface area contributed by atoms with Crippen molar-refractivity contribution in [3.05, 3.63) is 35.8 Å². The molecule has 0 saturated carbocycles. The van der Waals surface area contributed by atoms with Gasteiger partial charge in [0.2, 0.25) is 0 Å². The molecule has 6 heteroatoms. The maximum absolute atomic E-state index is 13.2. The zero-order valence-electron chi connectivity index (χ0n) is 7.75. The molecule has 0 amide bonds. The van der Waals surface area contributed by atoms with Gasteiger partial charge in [-0.05, 0) is 23.7 Å². The SMILES string of the molecule is OC(c1cc2cccc(F)c2o1)C(F)(F)Cl. The van der Waals surface area contributed by atoms with Gasteiger partial charge >= 0.3 is 5.38 Å². The van der Waals surface area contributed by atoms with Gasteiger partial charge in [-0.3, -0.25) is 0 Å². The van der Waals surface area contributed by atoms with Gasteiger partial charge < -0.3 is 9.52 Å². The van der Waals surface area contributed by atoms with Crippen molar-refractivity contribution in [3.8, 4) is 0 Å². The van der Waals surface area contributed by atoms with E-state index in [0.29, 0.717) is 0 Å². The Morgan fingerprint density at radius 3 is 2.62 bits per heavy atom. The van der Waals surface area contributed by atoms with E-state index in [1.807, 2.05) is 0 Å². The van der Waals surface area contributed by atoms with Crippen molar-refractivity contribution in [2.24, 2.45) is 0 Å². The van der Waals surface area contributed by atoms with E-state index in [-0.39, 0.29) is 11.0 Å². The highest BCUT2D eigenvalue weighted by Crippen LogP contribution is 2.37. The Bertz CT molecular complexity index is 518. The molecule has 0 saturated heterocycles. The van der Waals surface area contributed by atoms with Crippen molar-refractivity contribution in [2.75, 3.05) is 0 Å². The number of furan rings is 1. The fourth-order valence-electron chi connectivity index (χ4n) is 1.34. The molecule has 1 atom stereocenters. The van der Waals surface area contributed by atoms with Crippen LogP contribution in [-0.4, -0.2) is 10.5 Å². The van der Waals surface area contributed by atoms with Crippen molar-refractivity contribution < 1.29 is 22.7 Å². The summed E-state index contributed by atoms with van der Waals surface area (Å²) in [6.07, 6.45) is -2.30. The summed E-state index contributed by atoms with van der Waals surface area (Å²) in [7, 11) is 0. The topological polar surface area (TPSA) is 33.4 Å². The van der Waals surface area contributed by atoms with E-state index in [2.05, 4.69) is 11.6 Å². The minimum absolute atomic E-state index is 0.183. The fraction of sp³-hybridized carbons (Fsp3) is 0.200. The predicted octanol–water partition coefficient (Wildman–Crippen LogP) is 3.44. The lowest BCUT2D eigenvalue weighted by molar-refractivity contribution is -0.0521. The van der Waals surface area contributed by atoms with Crippen molar-refractivity contribution in [3.63, 3.8) is 0 Å². The van der Waals surface area contributed by atoms with Gasteiger partial charge in [0, 0.05) is 5.39 Å². The van der Waals surface area contributed by atoms with Crippen molar-refractivity contribution in [1.82, 2.24) is 0 Å². The lowest BCUT2D eigenvalue weighted by Gasteiger charge is -2.12. The Morgan fingerprint density at radius 2 is 2.06 bits per heavy atom. The summed E-state index contributed by atoms with van der Waals surface area (Å²) >= 11 is 4.65. The molecule has 2 nitrogen and oxygen atoms in total. The van der Waals surface area contributed by atoms with Gasteiger partial charge in [0.05, 0.1) is 0 Å². The monoisotopic (exact) mass is 250 g/mol. The molecule has 1 heterocycles. The van der Waals surface area contributed by atoms with E-state index in [1.54, 1.807) is 0 Å². The summed E-state index contributed by atoms with van der Waals surface area (Å²) in [4.78, 5) is 0. The van der Waals surface area contributed by atoms with Crippen LogP contribution in [0.1, 0.15) is 11.9 Å². The average molecular weight is 251 g/mol. The number of fused-ring (bicyclic) bond motifs is 1. The maximum atomic E-state index is 13.2. The molecule has 0 aliphatic carbocycles. The molecule has 0 bridgehead atoms. The highest BCUT2D eigenvalue weighted by Gasteiger charge is 2.39. The molecule has 0 radical (unpaired) electrons. The van der Waals surface area contributed by atoms with Crippen LogP contribution in [0.2, 0.25) is 0 Å². The number of aliphatic hydroxyl groups is 1. The van der Waals surface area contributed by atoms with E-state index < -0.39 is 23.1 Å². The van der Waals surface area contributed by atoms with Gasteiger partial charge in [0.25, 0.3) is 0 Å². The van der Waals surface area contributed by atoms with Crippen LogP contribution >= 0.6 is 11.6 Å². The highest BCUT2D eigenvalue weighted by atomic mass is 35.5. The fourth-order valence-corrected chi connectivity index (χ4v) is 1.45. The lowest BCUT2D eigenvalue weighted by atomic mass is 10.2. The van der Waals surface area contributed by atoms with Crippen molar-refractivity contribution in [2.45, 2.75) is 11.5 Å². The van der Waals surface area contributed by atoms with Crippen LogP contribution in [0.25, 0.3) is 11.0 Å². The summed E-state index contributed by atoms with van der Waals surface area (Å²) in [6, 6.07) is 5.13. The second-order valence-electron chi connectivity index (χ2n) is 3.25. The smallest absolute Gasteiger partial charge is 0.354 e. The lowest BCUT2D eigenvalue weighted by Crippen LogP contribution is -2.18. The first-order chi connectivity index (χ1) is 7.39. The van der Waals surface area contributed by atoms with Crippen LogP contribution in [0.4, 0.5) is 13.2 Å². The molecule has 0 aliphatic heterocycles. The molecule has 16 heavy (non-hydrogen) atoms. The number of hydrogen-bond acceptors (Lipinski definition) is 2. The number of halogens is 4. The first-order valence-electron chi connectivity index (χ1n) is 4.32. The second-order valence-corrected chi connectivity index (χ2v) is 3.76. The molecule has 2 rings (SSSR count). The van der Waals surface area contributed by atoms with E-state index in [4.69, 9.17) is 9.52 Å². The van der Waals surface area contributed by atoms with E-state index in [1.165, 1.54) is 12.1 Å². The summed E-state index contributed by atoms with van der Waals surface area (Å²) in [5, 5.41) is 5.58. The van der Waals surface area contributed by atoms with Gasteiger partial charge in [0.15, 0.2) is 17.5 Å². The Morgan fingerprint density at radius 1 is 1.38 bits per heavy atom. The Hall–Kier alpha value is -1.20. The van der Waals surface area contributed by atoms with Crippen molar-refractivity contribution >= 4 is 22.6 Å². The molecular formula is C10H6ClF3O2. The van der Waals surface area contributed by atoms with Crippen molar-refractivity contribution in [1.29, 1.82) is 0 Å². The number of aliphatic hydroxyl groups excluding tert-OH is 1. The van der Waals surface area contributed by atoms with Crippen LogP contribution in [0.5, 0.6) is 0 Å². The second kappa shape index (κ2) is 3.68. The molecule has 0 fully saturated rings. The summed E-state index contributed by atoms with van der Waals surface area (Å²) in [5.74, 6) is -1.16. The first-order valence-corrected chi connectivity index (χ1v) is 4.70. The number of hydrogen-bond donors (Lipinski definition) is 1. The zero-order valence-corrected chi connectivity index (χ0v) is 8.51. The maximum Gasteiger partial charge on any atom is 0.354 e. The molecule has 1 unspecified atom stereocenters. The Kier molecular flexibility index (Phi) is 2.59. The molecule has 2 aromatic rings. The quantitative estimate of drug-likeness (QED) is 0.829. The molecule has 0 spiro atoms. The average Bonchev–Trinajstić information content (AvgIpc) is 2.60. The molecule has 86 valence electrons. The van der Waals surface area contributed by atoms with Gasteiger partial charge in [-0.25, -0.2) is 4.39 Å². The highest BCUT2D eigenvalue weighted by molar-refractivity contribution is 6.22. The number of alkyl halides is 3. The predicted molar refractivity (Wildman–Crippen MR) is 51.9 cm³/mol. The first kappa shape index (κ1) is 11.3. The third kappa shape index (κ3) is 1.88. The molecule has 1 N–H and O–H groups in total. The van der Waals surface area contributed by atoms with E-state index in [9.17, 15) is 13.2 Å². The third-order valence-corrected chi connectivity index (χ3v) is 2.30. The van der Waals surface area contributed by atoms with E-state index in [0.717, 1.165) is 12.1 Å². The molecule has 1 aromatic heterocycles. The normalized spacial score (nSPS) is 14.3. The minimum atomic E-state index is -3.86. The van der Waals surface area contributed by atoms with Crippen LogP contribution in [0, 0.1) is 5.82 Å². The largest absolute Gasteiger partial charge is 0.455 e. The minimum Gasteiger partial charge on any atom is -0.455 e. The van der Waals surface area contributed by atoms with Crippen LogP contribution in [0.3, 0.4) is 0 Å². The summed E-state index contributed by atoms with van der Waals surface area (Å²) < 4.78 is 43.1. The number of rotatable bonds is 2. The Labute approximate surface area is 93.2 Å². The molecule has 0 aliphatic rings. The molecular weight excluding hydrogens is 245 g/mol. The van der Waals surface area contributed by atoms with Gasteiger partial charge in [-0.2, -0.15) is 8.78 Å². The van der Waals surface area contributed by atoms with Gasteiger partial charge in [0.1, 0.15) is 5.76 Å². The zero-order chi connectivity index (χ0) is 11.9. The number of para-hydroxylation sites is 1. The summed E-state index contributed by atoms with van der Waals surface area (Å²) in [6.45, 7) is 0. The van der Waals surface area contributed by atoms with Crippen LogP contribution < -0.4 is 0 Å². The van der Waals surface area contributed by atoms with Gasteiger partial charge in [-0.15, -0.1) is 0 Å². The van der Waals surface area contributed by atoms with Gasteiger partial charge in [-0.1, -0.05) is 12.1 Å². The van der Waals surface area contributed by atoms with Crippen LogP contribution in [-0.2, 0) is 0 Å². The Balaban J connectivity index is 2.52. The number of benzene rings is 1. The third-order valence-electron chi connectivity index (χ3n) is 2.09. The summed E-state index contributed by atoms with van der Waals surface area (Å²) in [5.41, 5.74) is -0.183. The molecule has 1 aromatic carbocycles. The van der Waals surface area contributed by atoms with Crippen LogP contribution in [0.15, 0.2) is 28.7 Å². The van der Waals surface area contributed by atoms with E-state index >= 15 is 0 Å². The standard InChI is InChI=1S/C10H6ClF3O2/c11-10(13,14)9(15)7-4-5-2-1-3-6(12)8(5)16-7/h1-4,9,15H.